The van der Waals surface area contributed by atoms with Gasteiger partial charge in [-0.2, -0.15) is 0 Å². The second-order valence-electron chi connectivity index (χ2n) is 15.9. The number of nitrogens with zero attached hydrogens (tertiary/aromatic N) is 11. The summed E-state index contributed by atoms with van der Waals surface area (Å²) in [6.07, 6.45) is 8.54. The molecule has 7 aromatic rings. The number of carbonyl (C=O) groups excluding carboxylic acids is 1. The van der Waals surface area contributed by atoms with Gasteiger partial charge >= 0.3 is 0 Å². The molecule has 0 aliphatic carbocycles. The number of carbonyl (C=O) groups is 1. The summed E-state index contributed by atoms with van der Waals surface area (Å²) in [7, 11) is 9.99. The lowest BCUT2D eigenvalue weighted by Crippen LogP contribution is -2.34. The molecule has 0 aliphatic rings. The van der Waals surface area contributed by atoms with E-state index in [4.69, 9.17) is 31.6 Å². The quantitative estimate of drug-likeness (QED) is 0.0245. The van der Waals surface area contributed by atoms with Gasteiger partial charge in [0.05, 0.1) is 42.4 Å². The van der Waals surface area contributed by atoms with Crippen LogP contribution in [0.3, 0.4) is 0 Å². The first-order valence-corrected chi connectivity index (χ1v) is 23.6. The van der Waals surface area contributed by atoms with Gasteiger partial charge in [-0.15, -0.1) is 0 Å². The first kappa shape index (κ1) is 57.1. The molecule has 3 aromatic heterocycles. The molecule has 7 rings (SSSR count). The van der Waals surface area contributed by atoms with Crippen LogP contribution < -0.4 is 53.4 Å². The predicted molar refractivity (Wildman–Crippen MR) is 303 cm³/mol. The van der Waals surface area contributed by atoms with Gasteiger partial charge in [-0.05, 0) is 110 Å². The number of methoxy groups -OCH3 is 1. The summed E-state index contributed by atoms with van der Waals surface area (Å²) >= 11 is 0. The van der Waals surface area contributed by atoms with Crippen LogP contribution in [0.1, 0.15) is 40.9 Å². The third kappa shape index (κ3) is 17.7. The summed E-state index contributed by atoms with van der Waals surface area (Å²) in [5.41, 5.74) is 25.4. The minimum absolute atomic E-state index is 0.0992. The van der Waals surface area contributed by atoms with Crippen LogP contribution in [0, 0.1) is 0 Å². The zero-order valence-electron chi connectivity index (χ0n) is 43.7. The van der Waals surface area contributed by atoms with Crippen LogP contribution >= 0.6 is 0 Å². The van der Waals surface area contributed by atoms with Crippen molar-refractivity contribution in [2.75, 3.05) is 112 Å². The molecular formula is C52H65N19O5. The van der Waals surface area contributed by atoms with E-state index in [1.807, 2.05) is 91.8 Å². The number of hydrogen-bond acceptors (Lipinski definition) is 23. The van der Waals surface area contributed by atoms with Crippen molar-refractivity contribution in [3.05, 3.63) is 138 Å². The number of nitrogens with two attached hydrogens (primary N) is 3. The van der Waals surface area contributed by atoms with Gasteiger partial charge in [-0.3, -0.25) is 4.79 Å². The van der Waals surface area contributed by atoms with E-state index < -0.39 is 0 Å². The number of hydrogen-bond donors (Lipinski definition) is 8. The molecule has 0 spiro atoms. The fourth-order valence-corrected chi connectivity index (χ4v) is 6.63. The Hall–Kier alpha value is -9.84. The first-order valence-electron chi connectivity index (χ1n) is 23.6. The Morgan fingerprint density at radius 2 is 0.882 bits per heavy atom. The summed E-state index contributed by atoms with van der Waals surface area (Å²) in [6.45, 7) is 7.60. The Kier molecular flexibility index (Phi) is 22.7. The van der Waals surface area contributed by atoms with E-state index in [0.717, 1.165) is 59.5 Å². The number of aromatic nitrogens is 6. The highest BCUT2D eigenvalue weighted by Gasteiger charge is 2.12. The number of nitrogens with one attached hydrogen (secondary N) is 5. The van der Waals surface area contributed by atoms with Gasteiger partial charge in [0.15, 0.2) is 0 Å². The van der Waals surface area contributed by atoms with Crippen LogP contribution in [0.4, 0.5) is 69.0 Å². The van der Waals surface area contributed by atoms with Gasteiger partial charge in [-0.1, -0.05) is 29.3 Å². The van der Waals surface area contributed by atoms with E-state index in [1.54, 1.807) is 31.4 Å². The fraction of sp³-hybridized carbons (Fsp3) is 0.231. The largest absolute Gasteiger partial charge is 0.497 e. The number of benzene rings is 4. The maximum Gasteiger partial charge on any atom is 0.251 e. The SMILES string of the molecule is CCN(CC)CCNC(=O)c1ccc(Nc2ncnc(N)c2/C=N/OC)cc1.CO/N=C/c1c(N)ncnc1Nc1ccc(N(C)C)cc1.CO/N=C/c1c(N)ncnc1Nc1ccc(Nc2ccc(OC)cc2)cc1. The van der Waals surface area contributed by atoms with E-state index in [1.165, 1.54) is 59.0 Å². The molecule has 1 amide bonds. The lowest BCUT2D eigenvalue weighted by Gasteiger charge is -2.18. The third-order valence-electron chi connectivity index (χ3n) is 10.8. The molecule has 24 heteroatoms. The molecule has 0 saturated carbocycles. The molecule has 0 radical (unpaired) electrons. The van der Waals surface area contributed by atoms with Crippen LogP contribution in [0.5, 0.6) is 5.75 Å². The molecule has 0 atom stereocenters. The molecule has 76 heavy (non-hydrogen) atoms. The Morgan fingerprint density at radius 1 is 0.526 bits per heavy atom. The van der Waals surface area contributed by atoms with Crippen molar-refractivity contribution >= 4 is 93.6 Å². The number of likely N-dealkylation sites (N-methyl/N-ethyl adjacent to an activating group) is 1. The van der Waals surface area contributed by atoms with Gasteiger partial charge in [0.25, 0.3) is 5.91 Å². The van der Waals surface area contributed by atoms with Crippen LogP contribution in [-0.4, -0.2) is 128 Å². The van der Waals surface area contributed by atoms with E-state index in [9.17, 15) is 4.79 Å². The number of ether oxygens (including phenoxy) is 1. The fourth-order valence-electron chi connectivity index (χ4n) is 6.63. The number of nitrogen functional groups attached to an aromatic ring is 3. The minimum Gasteiger partial charge on any atom is -0.497 e. The molecule has 0 saturated heterocycles. The lowest BCUT2D eigenvalue weighted by atomic mass is 10.2. The van der Waals surface area contributed by atoms with Crippen LogP contribution in [-0.2, 0) is 14.5 Å². The van der Waals surface area contributed by atoms with Crippen LogP contribution in [0.25, 0.3) is 0 Å². The average molecular weight is 1040 g/mol. The highest BCUT2D eigenvalue weighted by atomic mass is 16.6. The molecular weight excluding hydrogens is 971 g/mol. The minimum atomic E-state index is -0.0992. The zero-order valence-corrected chi connectivity index (χ0v) is 43.7. The standard InChI is InChI=1S/C19H27N7O2.C19H20N6O2.C14H18N6O/c1-4-26(5-2)11-10-21-19(27)14-6-8-15(9-7-14)25-18-16(12-24-28-3)17(20)22-13-23-18;1-26-16-9-7-14(8-10-16)24-13-3-5-15(6-4-13)25-19-17(11-23-27-2)18(20)21-12-22-19;1-20(2)11-6-4-10(5-7-11)19-14-12(8-18-21-3)13(15)16-9-17-14/h6-9,12-13H,4-5,10-11H2,1-3H3,(H,21,27)(H3,20,22,23,25);3-12,24H,1-2H3,(H3,20,21,22,25);4-9H,1-3H3,(H3,15,16,17,19)/b24-12+;23-11+;18-8+. The molecule has 3 heterocycles. The van der Waals surface area contributed by atoms with Gasteiger partial charge in [0.1, 0.15) is 81.0 Å². The second-order valence-corrected chi connectivity index (χ2v) is 15.9. The van der Waals surface area contributed by atoms with Crippen molar-refractivity contribution in [1.82, 2.24) is 40.1 Å². The third-order valence-corrected chi connectivity index (χ3v) is 10.8. The monoisotopic (exact) mass is 1040 g/mol. The Balaban J connectivity index is 0.000000213. The maximum atomic E-state index is 12.3. The lowest BCUT2D eigenvalue weighted by molar-refractivity contribution is 0.0949. The van der Waals surface area contributed by atoms with Crippen molar-refractivity contribution < 1.29 is 24.0 Å². The Bertz CT molecular complexity index is 2960. The summed E-state index contributed by atoms with van der Waals surface area (Å²) in [5.74, 6) is 3.24. The second kappa shape index (κ2) is 30.3. The normalized spacial score (nSPS) is 10.8. The van der Waals surface area contributed by atoms with Gasteiger partial charge in [-0.25, -0.2) is 29.9 Å². The molecule has 398 valence electrons. The first-order chi connectivity index (χ1) is 36.9. The predicted octanol–water partition coefficient (Wildman–Crippen LogP) is 7.24. The number of amides is 1. The number of oxime groups is 3. The van der Waals surface area contributed by atoms with Gasteiger partial charge in [0.2, 0.25) is 0 Å². The van der Waals surface area contributed by atoms with Gasteiger partial charge in [0, 0.05) is 66.9 Å². The smallest absolute Gasteiger partial charge is 0.251 e. The Morgan fingerprint density at radius 3 is 1.24 bits per heavy atom. The summed E-state index contributed by atoms with van der Waals surface area (Å²) < 4.78 is 5.16. The van der Waals surface area contributed by atoms with E-state index in [0.29, 0.717) is 57.9 Å². The molecule has 0 bridgehead atoms. The molecule has 4 aromatic carbocycles. The zero-order chi connectivity index (χ0) is 54.7. The molecule has 0 unspecified atom stereocenters. The maximum absolute atomic E-state index is 12.3. The molecule has 11 N–H and O–H groups in total. The van der Waals surface area contributed by atoms with Crippen molar-refractivity contribution in [3.63, 3.8) is 0 Å². The van der Waals surface area contributed by atoms with E-state index in [-0.39, 0.29) is 11.7 Å². The topological polar surface area (TPSA) is 313 Å². The van der Waals surface area contributed by atoms with E-state index >= 15 is 0 Å². The molecule has 24 nitrogen and oxygen atoms in total. The van der Waals surface area contributed by atoms with Crippen molar-refractivity contribution in [3.8, 4) is 5.75 Å². The number of rotatable bonds is 22. The summed E-state index contributed by atoms with van der Waals surface area (Å²) in [4.78, 5) is 55.1. The molecule has 0 aliphatic heterocycles. The van der Waals surface area contributed by atoms with Crippen molar-refractivity contribution in [2.45, 2.75) is 13.8 Å². The highest BCUT2D eigenvalue weighted by molar-refractivity contribution is 5.96. The average Bonchev–Trinajstić information content (AvgIpc) is 3.43. The van der Waals surface area contributed by atoms with Crippen molar-refractivity contribution in [1.29, 1.82) is 0 Å². The van der Waals surface area contributed by atoms with Crippen LogP contribution in [0.15, 0.2) is 132 Å². The molecule has 0 fully saturated rings. The summed E-state index contributed by atoms with van der Waals surface area (Å²) in [5, 5.41) is 27.0. The Labute approximate surface area is 441 Å². The van der Waals surface area contributed by atoms with Crippen molar-refractivity contribution in [2.24, 2.45) is 15.5 Å². The van der Waals surface area contributed by atoms with Crippen LogP contribution in [0.2, 0.25) is 0 Å². The highest BCUT2D eigenvalue weighted by Crippen LogP contribution is 2.26. The number of anilines is 12. The van der Waals surface area contributed by atoms with E-state index in [2.05, 4.69) is 95.5 Å². The van der Waals surface area contributed by atoms with Gasteiger partial charge < -0.3 is 72.8 Å². The summed E-state index contributed by atoms with van der Waals surface area (Å²) in [6, 6.07) is 30.5.